The van der Waals surface area contributed by atoms with Crippen molar-refractivity contribution in [1.29, 1.82) is 0 Å². The lowest BCUT2D eigenvalue weighted by Crippen LogP contribution is -1.65. The van der Waals surface area contributed by atoms with E-state index in [9.17, 15) is 0 Å². The highest BCUT2D eigenvalue weighted by Gasteiger charge is 1.92. The molecule has 0 saturated carbocycles. The maximum Gasteiger partial charge on any atom is 0.319 e. The molecule has 1 rings (SSSR count). The lowest BCUT2D eigenvalue weighted by Gasteiger charge is -1.88. The molecule has 0 heterocycles. The monoisotopic (exact) mass is 192 g/mol. The second-order valence-corrected chi connectivity index (χ2v) is 4.16. The van der Waals surface area contributed by atoms with Crippen molar-refractivity contribution >= 4 is 18.5 Å². The van der Waals surface area contributed by atoms with Gasteiger partial charge in [0, 0.05) is 0 Å². The molecule has 0 saturated heterocycles. The normalized spacial score (nSPS) is 9.73. The number of benzene rings is 1. The third kappa shape index (κ3) is 17.7. The Bertz CT molecular complexity index is 186. The van der Waals surface area contributed by atoms with Gasteiger partial charge in [-0.2, -0.15) is 0 Å². The molecule has 3 nitrogen and oxygen atoms in total. The Balaban J connectivity index is 0.000000187. The van der Waals surface area contributed by atoms with Gasteiger partial charge < -0.3 is 14.7 Å². The van der Waals surface area contributed by atoms with Gasteiger partial charge in [-0.25, -0.2) is 0 Å². The molecule has 0 atom stereocenters. The fraction of sp³-hybridized carbons (Fsp3) is 0. The maximum absolute atomic E-state index is 7.56. The van der Waals surface area contributed by atoms with Crippen molar-refractivity contribution in [3.63, 3.8) is 0 Å². The molecule has 0 aromatic heterocycles. The van der Waals surface area contributed by atoms with Crippen LogP contribution < -0.4 is 0 Å². The van der Waals surface area contributed by atoms with Crippen LogP contribution in [0.4, 0.5) is 0 Å². The van der Waals surface area contributed by atoms with Crippen LogP contribution in [0.1, 0.15) is 0 Å². The van der Waals surface area contributed by atoms with Gasteiger partial charge in [0.1, 0.15) is 0 Å². The molecule has 1 aromatic carbocycles. The molecular weight excluding hydrogens is 183 g/mol. The second kappa shape index (κ2) is 5.41. The van der Waals surface area contributed by atoms with E-state index in [-0.39, 0.29) is 0 Å². The van der Waals surface area contributed by atoms with E-state index < -0.39 is 6.72 Å². The van der Waals surface area contributed by atoms with E-state index in [1.807, 2.05) is 36.4 Å². The van der Waals surface area contributed by atoms with Crippen LogP contribution in [0.5, 0.6) is 0 Å². The van der Waals surface area contributed by atoms with E-state index in [2.05, 4.69) is 11.8 Å². The van der Waals surface area contributed by atoms with Crippen molar-refractivity contribution in [2.45, 2.75) is 0 Å². The number of hydrogen-bond acceptors (Lipinski definition) is 1. The van der Waals surface area contributed by atoms with Crippen LogP contribution in [0.25, 0.3) is 0 Å². The molecule has 62 valence electrons. The third-order valence-corrected chi connectivity index (χ3v) is 0.667. The molecule has 0 bridgehead atoms. The highest BCUT2D eigenvalue weighted by atomic mass is 32.5. The Hall–Kier alpha value is -0.250. The SMILES string of the molecule is OP(O)(O)=S.c1ccccc1. The molecule has 0 spiro atoms. The minimum absolute atomic E-state index is 2.00. The first kappa shape index (κ1) is 10.8. The van der Waals surface area contributed by atoms with Gasteiger partial charge in [-0.05, 0) is 11.8 Å². The predicted molar refractivity (Wildman–Crippen MR) is 47.4 cm³/mol. The highest BCUT2D eigenvalue weighted by molar-refractivity contribution is 8.06. The quantitative estimate of drug-likeness (QED) is 0.534. The summed E-state index contributed by atoms with van der Waals surface area (Å²) in [6, 6.07) is 12.0. The van der Waals surface area contributed by atoms with Gasteiger partial charge in [0.25, 0.3) is 0 Å². The van der Waals surface area contributed by atoms with Crippen LogP contribution in [0.3, 0.4) is 0 Å². The van der Waals surface area contributed by atoms with Gasteiger partial charge in [0.05, 0.1) is 0 Å². The standard InChI is InChI=1S/C6H6.H3O3PS/c1-2-4-6-5-3-1;1-4(2,3)5/h1-6H;(H3,1,2,3,5). The summed E-state index contributed by atoms with van der Waals surface area (Å²) < 4.78 is 0. The minimum Gasteiger partial charge on any atom is -0.325 e. The van der Waals surface area contributed by atoms with Crippen molar-refractivity contribution in [2.75, 3.05) is 0 Å². The third-order valence-electron chi connectivity index (χ3n) is 0.667. The molecule has 0 amide bonds. The summed E-state index contributed by atoms with van der Waals surface area (Å²) in [6.45, 7) is -3.81. The van der Waals surface area contributed by atoms with Gasteiger partial charge in [-0.15, -0.1) is 0 Å². The molecule has 0 aliphatic heterocycles. The van der Waals surface area contributed by atoms with Gasteiger partial charge in [-0.1, -0.05) is 36.4 Å². The lowest BCUT2D eigenvalue weighted by molar-refractivity contribution is 0.363. The van der Waals surface area contributed by atoms with Crippen molar-refractivity contribution in [2.24, 2.45) is 0 Å². The first-order chi connectivity index (χ1) is 5.00. The van der Waals surface area contributed by atoms with Crippen LogP contribution in [-0.2, 0) is 11.8 Å². The predicted octanol–water partition coefficient (Wildman–Crippen LogP) is 0.874. The molecule has 11 heavy (non-hydrogen) atoms. The molecule has 0 aliphatic carbocycles. The van der Waals surface area contributed by atoms with Crippen molar-refractivity contribution in [3.8, 4) is 0 Å². The zero-order valence-corrected chi connectivity index (χ0v) is 7.37. The highest BCUT2D eigenvalue weighted by Crippen LogP contribution is 2.26. The zero-order chi connectivity index (χ0) is 8.74. The Morgan fingerprint density at radius 1 is 0.727 bits per heavy atom. The zero-order valence-electron chi connectivity index (χ0n) is 5.66. The number of hydrogen-bond donors (Lipinski definition) is 3. The molecule has 0 radical (unpaired) electrons. The Morgan fingerprint density at radius 3 is 0.909 bits per heavy atom. The minimum atomic E-state index is -3.81. The molecular formula is C6H9O3PS. The molecule has 0 unspecified atom stereocenters. The molecule has 0 fully saturated rings. The van der Waals surface area contributed by atoms with E-state index in [1.54, 1.807) is 0 Å². The summed E-state index contributed by atoms with van der Waals surface area (Å²) in [6.07, 6.45) is 0. The summed E-state index contributed by atoms with van der Waals surface area (Å²) in [5.41, 5.74) is 0. The van der Waals surface area contributed by atoms with E-state index in [4.69, 9.17) is 14.7 Å². The largest absolute Gasteiger partial charge is 0.325 e. The fourth-order valence-corrected chi connectivity index (χ4v) is 0.385. The molecule has 0 aliphatic rings. The average Bonchev–Trinajstić information content (AvgIpc) is 1.88. The topological polar surface area (TPSA) is 60.7 Å². The summed E-state index contributed by atoms with van der Waals surface area (Å²) in [7, 11) is 0. The van der Waals surface area contributed by atoms with Crippen LogP contribution in [-0.4, -0.2) is 14.7 Å². The van der Waals surface area contributed by atoms with Crippen LogP contribution in [0, 0.1) is 0 Å². The summed E-state index contributed by atoms with van der Waals surface area (Å²) in [5.74, 6) is 0. The van der Waals surface area contributed by atoms with E-state index >= 15 is 0 Å². The van der Waals surface area contributed by atoms with Crippen LogP contribution >= 0.6 is 6.72 Å². The number of rotatable bonds is 0. The first-order valence-electron chi connectivity index (χ1n) is 2.78. The van der Waals surface area contributed by atoms with E-state index in [0.717, 1.165) is 0 Å². The molecule has 5 heteroatoms. The van der Waals surface area contributed by atoms with E-state index in [0.29, 0.717) is 0 Å². The second-order valence-electron chi connectivity index (χ2n) is 1.67. The first-order valence-corrected chi connectivity index (χ1v) is 5.44. The maximum atomic E-state index is 7.56. The Labute approximate surface area is 70.2 Å². The van der Waals surface area contributed by atoms with Gasteiger partial charge >= 0.3 is 6.72 Å². The fourth-order valence-electron chi connectivity index (χ4n) is 0.385. The van der Waals surface area contributed by atoms with Gasteiger partial charge in [-0.3, -0.25) is 0 Å². The summed E-state index contributed by atoms with van der Waals surface area (Å²) >= 11 is 3.60. The average molecular weight is 192 g/mol. The summed E-state index contributed by atoms with van der Waals surface area (Å²) in [5, 5.41) is 0. The van der Waals surface area contributed by atoms with Crippen molar-refractivity contribution in [3.05, 3.63) is 36.4 Å². The van der Waals surface area contributed by atoms with Gasteiger partial charge in [0.15, 0.2) is 0 Å². The Morgan fingerprint density at radius 2 is 0.818 bits per heavy atom. The summed E-state index contributed by atoms with van der Waals surface area (Å²) in [4.78, 5) is 22.7. The van der Waals surface area contributed by atoms with Crippen molar-refractivity contribution < 1.29 is 14.7 Å². The van der Waals surface area contributed by atoms with Crippen molar-refractivity contribution in [1.82, 2.24) is 0 Å². The molecule has 3 N–H and O–H groups in total. The van der Waals surface area contributed by atoms with Gasteiger partial charge in [0.2, 0.25) is 0 Å². The molecule has 1 aromatic rings. The smallest absolute Gasteiger partial charge is 0.319 e. The lowest BCUT2D eigenvalue weighted by atomic mass is 10.4. The Kier molecular flexibility index (Phi) is 5.28. The van der Waals surface area contributed by atoms with Crippen LogP contribution in [0.2, 0.25) is 0 Å². The van der Waals surface area contributed by atoms with Crippen LogP contribution in [0.15, 0.2) is 36.4 Å². The van der Waals surface area contributed by atoms with E-state index in [1.165, 1.54) is 0 Å².